The van der Waals surface area contributed by atoms with Gasteiger partial charge >= 0.3 is 0 Å². The number of benzene rings is 3. The molecule has 1 aliphatic rings. The van der Waals surface area contributed by atoms with Gasteiger partial charge < -0.3 is 9.73 Å². The predicted octanol–water partition coefficient (Wildman–Crippen LogP) is 6.15. The van der Waals surface area contributed by atoms with Crippen LogP contribution in [0.1, 0.15) is 45.8 Å². The van der Waals surface area contributed by atoms with E-state index in [2.05, 4.69) is 39.4 Å². The van der Waals surface area contributed by atoms with Gasteiger partial charge in [0.2, 0.25) is 0 Å². The van der Waals surface area contributed by atoms with Gasteiger partial charge in [0.05, 0.1) is 6.54 Å². The maximum absolute atomic E-state index is 13.8. The zero-order valence-electron chi connectivity index (χ0n) is 21.9. The number of hydrogen-bond acceptors (Lipinski definition) is 4. The van der Waals surface area contributed by atoms with Crippen molar-refractivity contribution in [3.8, 4) is 0 Å². The van der Waals surface area contributed by atoms with Gasteiger partial charge in [-0.15, -0.1) is 0 Å². The fraction of sp³-hybridized carbons (Fsp3) is 0.281. The molecule has 0 atom stereocenters. The largest absolute Gasteiger partial charge is 0.455 e. The van der Waals surface area contributed by atoms with E-state index in [-0.39, 0.29) is 29.3 Å². The van der Waals surface area contributed by atoms with E-state index in [0.29, 0.717) is 25.4 Å². The topological polar surface area (TPSA) is 48.7 Å². The number of carbonyl (C=O) groups excluding carboxylic acids is 1. The van der Waals surface area contributed by atoms with Crippen molar-refractivity contribution in [3.63, 3.8) is 0 Å². The molecule has 4 aromatic rings. The van der Waals surface area contributed by atoms with Crippen LogP contribution in [0, 0.1) is 11.6 Å². The van der Waals surface area contributed by atoms with Gasteiger partial charge in [-0.25, -0.2) is 8.78 Å². The average Bonchev–Trinajstić information content (AvgIpc) is 3.40. The van der Waals surface area contributed by atoms with Crippen LogP contribution in [0.5, 0.6) is 0 Å². The number of furan rings is 1. The van der Waals surface area contributed by atoms with Gasteiger partial charge in [0.25, 0.3) is 5.91 Å². The van der Waals surface area contributed by atoms with Crippen LogP contribution in [0.4, 0.5) is 8.78 Å². The molecule has 0 bridgehead atoms. The SMILES string of the molecule is O=C(NC1CCN(Cc2ccccc2)CC1)c1ccc(CN(Cc2ccc(F)cc2)Cc2cccc(F)c2)o1. The van der Waals surface area contributed by atoms with Gasteiger partial charge in [-0.3, -0.25) is 14.6 Å². The van der Waals surface area contributed by atoms with Crippen molar-refractivity contribution in [2.24, 2.45) is 0 Å². The number of hydrogen-bond donors (Lipinski definition) is 1. The lowest BCUT2D eigenvalue weighted by Gasteiger charge is -2.32. The maximum Gasteiger partial charge on any atom is 0.287 e. The molecule has 5 nitrogen and oxygen atoms in total. The minimum absolute atomic E-state index is 0.112. The number of nitrogens with one attached hydrogen (secondary N) is 1. The minimum atomic E-state index is -0.294. The summed E-state index contributed by atoms with van der Waals surface area (Å²) in [6.07, 6.45) is 1.79. The molecule has 1 aromatic heterocycles. The number of piperidine rings is 1. The van der Waals surface area contributed by atoms with E-state index >= 15 is 0 Å². The van der Waals surface area contributed by atoms with E-state index < -0.39 is 0 Å². The van der Waals surface area contributed by atoms with E-state index in [1.54, 1.807) is 30.3 Å². The molecule has 2 heterocycles. The Bertz CT molecular complexity index is 1350. The van der Waals surface area contributed by atoms with Gasteiger partial charge in [0, 0.05) is 38.8 Å². The quantitative estimate of drug-likeness (QED) is 0.268. The Balaban J connectivity index is 1.17. The number of nitrogens with zero attached hydrogens (tertiary/aromatic N) is 2. The number of halogens is 2. The van der Waals surface area contributed by atoms with Crippen molar-refractivity contribution in [3.05, 3.63) is 131 Å². The van der Waals surface area contributed by atoms with E-state index in [1.165, 1.54) is 29.8 Å². The average molecular weight is 530 g/mol. The second kappa shape index (κ2) is 12.8. The summed E-state index contributed by atoms with van der Waals surface area (Å²) in [4.78, 5) is 17.4. The van der Waals surface area contributed by atoms with Gasteiger partial charge in [-0.05, 0) is 65.9 Å². The summed E-state index contributed by atoms with van der Waals surface area (Å²) < 4.78 is 33.1. The lowest BCUT2D eigenvalue weighted by molar-refractivity contribution is 0.0876. The standard InChI is InChI=1S/C32H33F2N3O2/c33-27-11-9-25(10-12-27)21-37(22-26-7-4-8-28(34)19-26)23-30-13-14-31(39-30)32(38)35-29-15-17-36(18-16-29)20-24-5-2-1-3-6-24/h1-14,19,29H,15-18,20-23H2,(H,35,38). The van der Waals surface area contributed by atoms with Crippen LogP contribution < -0.4 is 5.32 Å². The molecule has 1 fully saturated rings. The van der Waals surface area contributed by atoms with E-state index in [4.69, 9.17) is 4.42 Å². The zero-order chi connectivity index (χ0) is 27.0. The van der Waals surface area contributed by atoms with Crippen LogP contribution in [0.15, 0.2) is 95.4 Å². The Labute approximate surface area is 228 Å². The monoisotopic (exact) mass is 529 g/mol. The molecule has 3 aromatic carbocycles. The molecular formula is C32H33F2N3O2. The third kappa shape index (κ3) is 7.85. The van der Waals surface area contributed by atoms with Crippen molar-refractivity contribution in [1.82, 2.24) is 15.1 Å². The van der Waals surface area contributed by atoms with Gasteiger partial charge in [0.15, 0.2) is 5.76 Å². The predicted molar refractivity (Wildman–Crippen MR) is 147 cm³/mol. The fourth-order valence-electron chi connectivity index (χ4n) is 5.05. The molecule has 39 heavy (non-hydrogen) atoms. The second-order valence-electron chi connectivity index (χ2n) is 10.2. The first-order valence-electron chi connectivity index (χ1n) is 13.4. The Morgan fingerprint density at radius 1 is 0.795 bits per heavy atom. The van der Waals surface area contributed by atoms with Crippen LogP contribution >= 0.6 is 0 Å². The summed E-state index contributed by atoms with van der Waals surface area (Å²) in [7, 11) is 0. The number of amides is 1. The number of likely N-dealkylation sites (tertiary alicyclic amines) is 1. The maximum atomic E-state index is 13.8. The molecule has 5 rings (SSSR count). The Morgan fingerprint density at radius 2 is 1.51 bits per heavy atom. The third-order valence-corrected chi connectivity index (χ3v) is 7.05. The highest BCUT2D eigenvalue weighted by Gasteiger charge is 2.23. The summed E-state index contributed by atoms with van der Waals surface area (Å²) in [6.45, 7) is 4.19. The molecule has 1 saturated heterocycles. The van der Waals surface area contributed by atoms with Gasteiger partial charge in [-0.2, -0.15) is 0 Å². The van der Waals surface area contributed by atoms with E-state index in [0.717, 1.165) is 43.6 Å². The van der Waals surface area contributed by atoms with Gasteiger partial charge in [0.1, 0.15) is 17.4 Å². The first-order chi connectivity index (χ1) is 19.0. The second-order valence-corrected chi connectivity index (χ2v) is 10.2. The molecule has 1 aliphatic heterocycles. The van der Waals surface area contributed by atoms with Crippen molar-refractivity contribution >= 4 is 5.91 Å². The summed E-state index contributed by atoms with van der Waals surface area (Å²) in [5.74, 6) is 0.120. The van der Waals surface area contributed by atoms with Crippen molar-refractivity contribution in [2.75, 3.05) is 13.1 Å². The zero-order valence-corrected chi connectivity index (χ0v) is 21.9. The summed E-state index contributed by atoms with van der Waals surface area (Å²) >= 11 is 0. The van der Waals surface area contributed by atoms with Crippen molar-refractivity contribution < 1.29 is 18.0 Å². The van der Waals surface area contributed by atoms with Crippen LogP contribution in [0.25, 0.3) is 0 Å². The molecule has 7 heteroatoms. The third-order valence-electron chi connectivity index (χ3n) is 7.05. The Hall–Kier alpha value is -3.81. The van der Waals surface area contributed by atoms with Crippen molar-refractivity contribution in [2.45, 2.75) is 45.1 Å². The van der Waals surface area contributed by atoms with Crippen molar-refractivity contribution in [1.29, 1.82) is 0 Å². The number of rotatable bonds is 10. The van der Waals surface area contributed by atoms with E-state index in [9.17, 15) is 13.6 Å². The molecule has 0 spiro atoms. The molecular weight excluding hydrogens is 496 g/mol. The fourth-order valence-corrected chi connectivity index (χ4v) is 5.05. The molecule has 0 aliphatic carbocycles. The highest BCUT2D eigenvalue weighted by molar-refractivity contribution is 5.91. The summed E-state index contributed by atoms with van der Waals surface area (Å²) in [5.41, 5.74) is 3.05. The Kier molecular flexibility index (Phi) is 8.81. The molecule has 0 radical (unpaired) electrons. The Morgan fingerprint density at radius 3 is 2.26 bits per heavy atom. The first-order valence-corrected chi connectivity index (χ1v) is 13.4. The van der Waals surface area contributed by atoms with Crippen LogP contribution in [-0.4, -0.2) is 34.8 Å². The normalized spacial score (nSPS) is 14.5. The lowest BCUT2D eigenvalue weighted by Crippen LogP contribution is -2.44. The van der Waals surface area contributed by atoms with Crippen LogP contribution in [-0.2, 0) is 26.2 Å². The van der Waals surface area contributed by atoms with Gasteiger partial charge in [-0.1, -0.05) is 54.6 Å². The molecule has 202 valence electrons. The summed E-state index contributed by atoms with van der Waals surface area (Å²) in [6, 6.07) is 26.8. The molecule has 0 unspecified atom stereocenters. The number of carbonyl (C=O) groups is 1. The summed E-state index contributed by atoms with van der Waals surface area (Å²) in [5, 5.41) is 3.13. The van der Waals surface area contributed by atoms with Crippen LogP contribution in [0.3, 0.4) is 0 Å². The molecule has 1 N–H and O–H groups in total. The molecule has 1 amide bonds. The first kappa shape index (κ1) is 26.8. The highest BCUT2D eigenvalue weighted by atomic mass is 19.1. The minimum Gasteiger partial charge on any atom is -0.455 e. The van der Waals surface area contributed by atoms with Crippen LogP contribution in [0.2, 0.25) is 0 Å². The lowest BCUT2D eigenvalue weighted by atomic mass is 10.0. The highest BCUT2D eigenvalue weighted by Crippen LogP contribution is 2.19. The smallest absolute Gasteiger partial charge is 0.287 e. The molecule has 0 saturated carbocycles. The van der Waals surface area contributed by atoms with E-state index in [1.807, 2.05) is 12.1 Å².